The number of nitrogens with zero attached hydrogens (tertiary/aromatic N) is 4. The largest absolute Gasteiger partial charge is 0.506 e. The predicted octanol–water partition coefficient (Wildman–Crippen LogP) is 2.76. The maximum atomic E-state index is 15.5. The van der Waals surface area contributed by atoms with Crippen LogP contribution in [0.5, 0.6) is 5.75 Å². The lowest BCUT2D eigenvalue weighted by molar-refractivity contribution is -0.134. The first kappa shape index (κ1) is 33.1. The number of hydrogen-bond acceptors (Lipinski definition) is 9. The van der Waals surface area contributed by atoms with Crippen LogP contribution in [-0.4, -0.2) is 72.5 Å². The number of piperidine rings is 2. The topological polar surface area (TPSA) is 183 Å². The molecule has 2 unspecified atom stereocenters. The number of hydrogen-bond donors (Lipinski definition) is 4. The van der Waals surface area contributed by atoms with Crippen LogP contribution in [0.3, 0.4) is 0 Å². The number of anilines is 3. The molecule has 3 aromatic carbocycles. The highest BCUT2D eigenvalue weighted by Gasteiger charge is 2.45. The number of imide groups is 1. The second-order valence-corrected chi connectivity index (χ2v) is 14.3. The fraction of sp³-hybridized carbons (Fsp3) is 0.344. The monoisotopic (exact) mass is 713 g/mol. The van der Waals surface area contributed by atoms with E-state index in [2.05, 4.69) is 15.7 Å². The first-order valence-electron chi connectivity index (χ1n) is 15.6. The Hall–Kier alpha value is -5.39. The third-order valence-electron chi connectivity index (χ3n) is 9.36. The van der Waals surface area contributed by atoms with Gasteiger partial charge < -0.3 is 15.3 Å². The maximum Gasteiger partial charge on any atom is 0.326 e. The van der Waals surface area contributed by atoms with Gasteiger partial charge in [0.25, 0.3) is 11.8 Å². The number of fused-ring (bicyclic) bond motifs is 2. The minimum atomic E-state index is -4.40. The molecule has 18 heteroatoms. The Balaban J connectivity index is 1.03. The molecule has 3 fully saturated rings. The van der Waals surface area contributed by atoms with E-state index in [-0.39, 0.29) is 41.8 Å². The Morgan fingerprint density at radius 2 is 1.84 bits per heavy atom. The number of nitrogens with one attached hydrogen (secondary N) is 3. The summed E-state index contributed by atoms with van der Waals surface area (Å²) in [7, 11) is -2.71. The van der Waals surface area contributed by atoms with Crippen LogP contribution >= 0.6 is 0 Å². The lowest BCUT2D eigenvalue weighted by Gasteiger charge is -2.39. The highest BCUT2D eigenvalue weighted by molar-refractivity contribution is 7.92. The molecule has 14 nitrogen and oxygen atoms in total. The molecular formula is C32H30F3N7O7S. The number of phenolic OH excluding ortho intramolecular Hbond substituents is 1. The van der Waals surface area contributed by atoms with Gasteiger partial charge in [-0.15, -0.1) is 0 Å². The zero-order valence-corrected chi connectivity index (χ0v) is 27.2. The molecule has 1 aromatic heterocycles. The van der Waals surface area contributed by atoms with Crippen molar-refractivity contribution < 1.29 is 45.9 Å². The summed E-state index contributed by atoms with van der Waals surface area (Å²) in [5.74, 6) is -9.35. The van der Waals surface area contributed by atoms with Gasteiger partial charge in [-0.1, -0.05) is 0 Å². The number of rotatable bonds is 6. The lowest BCUT2D eigenvalue weighted by atomic mass is 9.89. The van der Waals surface area contributed by atoms with Crippen molar-refractivity contribution in [2.24, 2.45) is 13.0 Å². The molecule has 0 aliphatic carbocycles. The van der Waals surface area contributed by atoms with Crippen molar-refractivity contribution in [3.63, 3.8) is 0 Å². The molecule has 4 aromatic rings. The van der Waals surface area contributed by atoms with Crippen LogP contribution in [0.1, 0.15) is 37.3 Å². The molecule has 4 heterocycles. The number of carbonyl (C=O) groups excluding carboxylic acids is 4. The van der Waals surface area contributed by atoms with Crippen molar-refractivity contribution in [1.82, 2.24) is 19.8 Å². The van der Waals surface area contributed by atoms with Gasteiger partial charge in [-0.3, -0.25) is 29.2 Å². The molecule has 3 aliphatic heterocycles. The normalized spacial score (nSPS) is 21.8. The summed E-state index contributed by atoms with van der Waals surface area (Å²) < 4.78 is 74.5. The van der Waals surface area contributed by atoms with Crippen LogP contribution in [0, 0.1) is 11.7 Å². The Bertz CT molecular complexity index is 2240. The maximum absolute atomic E-state index is 15.5. The summed E-state index contributed by atoms with van der Waals surface area (Å²) in [6.45, 7) is -1.12. The lowest BCUT2D eigenvalue weighted by Crippen LogP contribution is -2.49. The highest BCUT2D eigenvalue weighted by Crippen LogP contribution is 2.41. The molecule has 0 spiro atoms. The third kappa shape index (κ3) is 5.82. The van der Waals surface area contributed by atoms with Gasteiger partial charge in [0.15, 0.2) is 5.82 Å². The molecule has 3 saturated heterocycles. The standard InChI is InChI=1S/C32H30F3N7O7S/c1-40-23-13-19(3-5-21(23)29(38-40)22-6-7-25(44)37-31(22)47)41-9-8-17(32(34,35)15-41)12-26(45)36-18-2-4-20-16(10-18)11-24(43)30(28(20)33)42-14-27(46)39-50(42,48)49/h2-5,10-11,13,17,22,43H,6-9,12,14-15H2,1H3,(H,36,45)(H,39,46)(H,37,44,47). The quantitative estimate of drug-likeness (QED) is 0.218. The van der Waals surface area contributed by atoms with E-state index in [9.17, 15) is 32.7 Å². The molecule has 0 radical (unpaired) electrons. The second-order valence-electron chi connectivity index (χ2n) is 12.7. The van der Waals surface area contributed by atoms with E-state index in [0.717, 1.165) is 6.07 Å². The average molecular weight is 714 g/mol. The number of amides is 4. The Labute approximate surface area is 282 Å². The summed E-state index contributed by atoms with van der Waals surface area (Å²) in [6.07, 6.45) is 0.0219. The van der Waals surface area contributed by atoms with Crippen LogP contribution in [0.25, 0.3) is 21.7 Å². The number of aryl methyl sites for hydroxylation is 1. The summed E-state index contributed by atoms with van der Waals surface area (Å²) >= 11 is 0. The van der Waals surface area contributed by atoms with Crippen LogP contribution in [-0.2, 0) is 36.4 Å². The summed E-state index contributed by atoms with van der Waals surface area (Å²) in [5.41, 5.74) is 1.11. The van der Waals surface area contributed by atoms with Crippen LogP contribution in [0.15, 0.2) is 42.5 Å². The minimum Gasteiger partial charge on any atom is -0.506 e. The van der Waals surface area contributed by atoms with Crippen molar-refractivity contribution in [3.05, 3.63) is 54.0 Å². The Kier molecular flexibility index (Phi) is 7.88. The van der Waals surface area contributed by atoms with Crippen LogP contribution in [0.2, 0.25) is 0 Å². The predicted molar refractivity (Wildman–Crippen MR) is 174 cm³/mol. The molecule has 3 aliphatic rings. The van der Waals surface area contributed by atoms with Crippen molar-refractivity contribution in [3.8, 4) is 5.75 Å². The van der Waals surface area contributed by atoms with E-state index in [1.807, 2.05) is 0 Å². The number of carbonyl (C=O) groups is 4. The number of aromatic nitrogens is 2. The summed E-state index contributed by atoms with van der Waals surface area (Å²) in [6, 6.07) is 10.1. The number of aromatic hydroxyl groups is 1. The van der Waals surface area contributed by atoms with Gasteiger partial charge in [0.1, 0.15) is 18.0 Å². The van der Waals surface area contributed by atoms with E-state index in [4.69, 9.17) is 0 Å². The van der Waals surface area contributed by atoms with Crippen LogP contribution < -0.4 is 24.6 Å². The molecule has 2 atom stereocenters. The van der Waals surface area contributed by atoms with Gasteiger partial charge in [-0.2, -0.15) is 13.5 Å². The van der Waals surface area contributed by atoms with Crippen molar-refractivity contribution in [2.75, 3.05) is 34.2 Å². The van der Waals surface area contributed by atoms with E-state index >= 15 is 13.2 Å². The van der Waals surface area contributed by atoms with Gasteiger partial charge >= 0.3 is 10.2 Å². The zero-order chi connectivity index (χ0) is 35.7. The fourth-order valence-electron chi connectivity index (χ4n) is 6.87. The zero-order valence-electron chi connectivity index (χ0n) is 26.4. The SMILES string of the molecule is Cn1nc(C2CCC(=O)NC2=O)c2ccc(N3CCC(CC(=O)Nc4ccc5c(F)c(N6CC(=O)NS6(=O)=O)c(O)cc5c4)C(F)(F)C3)cc21. The first-order chi connectivity index (χ1) is 23.6. The summed E-state index contributed by atoms with van der Waals surface area (Å²) in [5, 5.41) is 20.5. The molecule has 50 heavy (non-hydrogen) atoms. The van der Waals surface area contributed by atoms with Gasteiger partial charge in [-0.25, -0.2) is 22.2 Å². The number of alkyl halides is 2. The number of halogens is 3. The second kappa shape index (κ2) is 11.9. The van der Waals surface area contributed by atoms with Gasteiger partial charge in [0, 0.05) is 54.5 Å². The average Bonchev–Trinajstić information content (AvgIpc) is 3.50. The number of phenols is 1. The molecule has 262 valence electrons. The highest BCUT2D eigenvalue weighted by atomic mass is 32.2. The fourth-order valence-corrected chi connectivity index (χ4v) is 8.04. The molecule has 4 amide bonds. The third-order valence-corrected chi connectivity index (χ3v) is 10.7. The van der Waals surface area contributed by atoms with E-state index in [1.54, 1.807) is 34.7 Å². The van der Waals surface area contributed by atoms with Crippen molar-refractivity contribution in [1.29, 1.82) is 0 Å². The molecule has 7 rings (SSSR count). The van der Waals surface area contributed by atoms with Crippen LogP contribution in [0.4, 0.5) is 30.2 Å². The minimum absolute atomic E-state index is 0.00170. The summed E-state index contributed by atoms with van der Waals surface area (Å²) in [4.78, 5) is 50.1. The van der Waals surface area contributed by atoms with E-state index in [1.165, 1.54) is 23.1 Å². The van der Waals surface area contributed by atoms with E-state index in [0.29, 0.717) is 33.0 Å². The van der Waals surface area contributed by atoms with Gasteiger partial charge in [-0.05, 0) is 60.7 Å². The number of benzene rings is 3. The molecular weight excluding hydrogens is 683 g/mol. The Morgan fingerprint density at radius 3 is 2.54 bits per heavy atom. The van der Waals surface area contributed by atoms with Crippen molar-refractivity contribution in [2.45, 2.75) is 37.5 Å². The first-order valence-corrected chi connectivity index (χ1v) is 17.1. The molecule has 0 bridgehead atoms. The van der Waals surface area contributed by atoms with Gasteiger partial charge in [0.2, 0.25) is 17.7 Å². The van der Waals surface area contributed by atoms with Gasteiger partial charge in [0.05, 0.1) is 23.7 Å². The van der Waals surface area contributed by atoms with Crippen molar-refractivity contribution >= 4 is 72.6 Å². The molecule has 0 saturated carbocycles. The molecule has 4 N–H and O–H groups in total. The Morgan fingerprint density at radius 1 is 1.08 bits per heavy atom. The smallest absolute Gasteiger partial charge is 0.326 e. The van der Waals surface area contributed by atoms with E-state index < -0.39 is 82.5 Å².